The molecule has 0 N–H and O–H groups in total. The van der Waals surface area contributed by atoms with Crippen molar-refractivity contribution >= 4 is 23.6 Å². The van der Waals surface area contributed by atoms with Crippen LogP contribution in [0.4, 0.5) is 16.2 Å². The maximum absolute atomic E-state index is 14.9. The zero-order chi connectivity index (χ0) is 23.4. The second-order valence-electron chi connectivity index (χ2n) is 9.30. The number of carbonyl (C=O) groups is 1. The number of halogens is 1. The van der Waals surface area contributed by atoms with E-state index in [0.29, 0.717) is 23.0 Å². The fourth-order valence-electron chi connectivity index (χ4n) is 5.63. The summed E-state index contributed by atoms with van der Waals surface area (Å²) < 4.78 is 16.9. The highest BCUT2D eigenvalue weighted by Gasteiger charge is 2.43. The Morgan fingerprint density at radius 3 is 2.35 bits per heavy atom. The molecule has 6 heterocycles. The molecule has 4 aromatic rings. The van der Waals surface area contributed by atoms with E-state index in [1.54, 1.807) is 12.3 Å². The minimum Gasteiger partial charge on any atom is -0.356 e. The van der Waals surface area contributed by atoms with Crippen molar-refractivity contribution in [3.8, 4) is 11.3 Å². The van der Waals surface area contributed by atoms with Crippen molar-refractivity contribution in [3.63, 3.8) is 0 Å². The number of anilines is 2. The van der Waals surface area contributed by atoms with Crippen LogP contribution >= 0.6 is 0 Å². The van der Waals surface area contributed by atoms with Crippen molar-refractivity contribution in [1.29, 1.82) is 0 Å². The van der Waals surface area contributed by atoms with Gasteiger partial charge >= 0.3 is 0 Å². The molecular weight excluding hydrogens is 431 g/mol. The highest BCUT2D eigenvalue weighted by atomic mass is 19.1. The lowest BCUT2D eigenvalue weighted by Gasteiger charge is -2.24. The quantitative estimate of drug-likeness (QED) is 0.434. The molecule has 0 saturated carbocycles. The van der Waals surface area contributed by atoms with Crippen LogP contribution in [0.5, 0.6) is 0 Å². The van der Waals surface area contributed by atoms with E-state index in [4.69, 9.17) is 0 Å². The summed E-state index contributed by atoms with van der Waals surface area (Å²) in [6, 6.07) is 10.7. The molecule has 7 nitrogen and oxygen atoms in total. The van der Waals surface area contributed by atoms with Crippen molar-refractivity contribution in [2.75, 3.05) is 36.0 Å². The first kappa shape index (κ1) is 20.8. The summed E-state index contributed by atoms with van der Waals surface area (Å²) in [5.74, 6) is 2.06. The Balaban J connectivity index is 1.38. The van der Waals surface area contributed by atoms with Gasteiger partial charge in [0, 0.05) is 61.8 Å². The summed E-state index contributed by atoms with van der Waals surface area (Å²) >= 11 is 0. The topological polar surface area (TPSA) is 66.6 Å². The van der Waals surface area contributed by atoms with Gasteiger partial charge in [0.2, 0.25) is 5.95 Å². The molecule has 2 saturated heterocycles. The minimum atomic E-state index is -0.430. The number of hydrogen-bond acceptors (Lipinski definition) is 6. The van der Waals surface area contributed by atoms with E-state index in [-0.39, 0.29) is 5.69 Å². The number of nitrogens with zero attached hydrogens (tertiary/aromatic N) is 6. The molecular formula is C26H25FN6O. The molecule has 0 radical (unpaired) electrons. The fourth-order valence-corrected chi connectivity index (χ4v) is 5.63. The van der Waals surface area contributed by atoms with E-state index >= 15 is 0 Å². The molecule has 2 fully saturated rings. The first-order chi connectivity index (χ1) is 16.5. The summed E-state index contributed by atoms with van der Waals surface area (Å²) in [5.41, 5.74) is 3.96. The van der Waals surface area contributed by atoms with Gasteiger partial charge in [0.25, 0.3) is 0 Å². The van der Waals surface area contributed by atoms with Crippen molar-refractivity contribution in [3.05, 3.63) is 71.6 Å². The number of carbonyl (C=O) groups excluding carboxylic acids is 1. The second kappa shape index (κ2) is 7.90. The van der Waals surface area contributed by atoms with Crippen LogP contribution in [-0.2, 0) is 0 Å². The van der Waals surface area contributed by atoms with Gasteiger partial charge in [0.1, 0.15) is 17.3 Å². The summed E-state index contributed by atoms with van der Waals surface area (Å²) in [6.45, 7) is 7.37. The van der Waals surface area contributed by atoms with Gasteiger partial charge in [-0.2, -0.15) is 0 Å². The Morgan fingerprint density at radius 1 is 0.971 bits per heavy atom. The lowest BCUT2D eigenvalue weighted by Crippen LogP contribution is -2.30. The van der Waals surface area contributed by atoms with E-state index < -0.39 is 5.82 Å². The Hall–Kier alpha value is -3.81. The van der Waals surface area contributed by atoms with Gasteiger partial charge in [-0.15, -0.1) is 0 Å². The van der Waals surface area contributed by atoms with Gasteiger partial charge < -0.3 is 14.2 Å². The molecule has 2 aliphatic heterocycles. The van der Waals surface area contributed by atoms with E-state index in [9.17, 15) is 9.18 Å². The second-order valence-corrected chi connectivity index (χ2v) is 9.30. The van der Waals surface area contributed by atoms with Gasteiger partial charge in [-0.05, 0) is 44.2 Å². The predicted octanol–water partition coefficient (Wildman–Crippen LogP) is 3.93. The van der Waals surface area contributed by atoms with E-state index in [2.05, 4.69) is 24.8 Å². The number of aryl methyl sites for hydroxylation is 2. The molecule has 4 aromatic heterocycles. The van der Waals surface area contributed by atoms with Gasteiger partial charge in [-0.1, -0.05) is 6.07 Å². The molecule has 8 heteroatoms. The lowest BCUT2D eigenvalue weighted by atomic mass is 10.0. The molecule has 2 atom stereocenters. The monoisotopic (exact) mass is 456 g/mol. The van der Waals surface area contributed by atoms with Crippen LogP contribution < -0.4 is 9.80 Å². The van der Waals surface area contributed by atoms with E-state index in [1.807, 2.05) is 48.7 Å². The minimum absolute atomic E-state index is 0.214. The maximum atomic E-state index is 14.9. The SMILES string of the molecule is Cc1cc(C)nc(N2C[C@@H]3CN(c4c(-c5ncccc5F)c(C=O)c5ccccn45)C[C@@H]3C2)n1. The average Bonchev–Trinajstić information content (AvgIpc) is 3.48. The smallest absolute Gasteiger partial charge is 0.225 e. The molecule has 172 valence electrons. The van der Waals surface area contributed by atoms with Gasteiger partial charge in [0.05, 0.1) is 16.6 Å². The number of fused-ring (bicyclic) bond motifs is 2. The fraction of sp³-hybridized carbons (Fsp3) is 0.308. The molecule has 0 spiro atoms. The van der Waals surface area contributed by atoms with Crippen LogP contribution in [0.2, 0.25) is 0 Å². The number of aromatic nitrogens is 4. The van der Waals surface area contributed by atoms with Crippen LogP contribution in [-0.4, -0.2) is 51.8 Å². The Bertz CT molecular complexity index is 1380. The van der Waals surface area contributed by atoms with Crippen LogP contribution in [0.15, 0.2) is 48.8 Å². The molecule has 34 heavy (non-hydrogen) atoms. The Labute approximate surface area is 196 Å². The molecule has 2 aliphatic rings. The van der Waals surface area contributed by atoms with E-state index in [0.717, 1.165) is 61.1 Å². The number of aldehydes is 1. The highest BCUT2D eigenvalue weighted by Crippen LogP contribution is 2.42. The van der Waals surface area contributed by atoms with Crippen molar-refractivity contribution in [2.24, 2.45) is 11.8 Å². The molecule has 0 amide bonds. The third-order valence-electron chi connectivity index (χ3n) is 7.01. The third-order valence-corrected chi connectivity index (χ3v) is 7.01. The van der Waals surface area contributed by atoms with Crippen LogP contribution in [0, 0.1) is 31.5 Å². The number of rotatable bonds is 4. The molecule has 0 bridgehead atoms. The van der Waals surface area contributed by atoms with Crippen molar-refractivity contribution in [2.45, 2.75) is 13.8 Å². The maximum Gasteiger partial charge on any atom is 0.225 e. The molecule has 0 aliphatic carbocycles. The predicted molar refractivity (Wildman–Crippen MR) is 129 cm³/mol. The van der Waals surface area contributed by atoms with Crippen molar-refractivity contribution < 1.29 is 9.18 Å². The highest BCUT2D eigenvalue weighted by molar-refractivity contribution is 6.01. The van der Waals surface area contributed by atoms with Gasteiger partial charge in [-0.3, -0.25) is 9.78 Å². The molecule has 0 unspecified atom stereocenters. The Morgan fingerprint density at radius 2 is 1.68 bits per heavy atom. The summed E-state index contributed by atoms with van der Waals surface area (Å²) in [5, 5.41) is 0. The van der Waals surface area contributed by atoms with Crippen molar-refractivity contribution in [1.82, 2.24) is 19.4 Å². The standard InChI is InChI=1S/C26H25FN6O/c1-16-10-17(2)30-26(29-16)32-13-18-11-31(12-19(18)14-32)25-23(24-21(27)6-5-8-28-24)20(15-34)22-7-3-4-9-33(22)25/h3-10,15,18-19H,11-14H2,1-2H3/t18-,19+. The summed E-state index contributed by atoms with van der Waals surface area (Å²) in [4.78, 5) is 30.4. The van der Waals surface area contributed by atoms with Crippen LogP contribution in [0.1, 0.15) is 21.7 Å². The first-order valence-corrected chi connectivity index (χ1v) is 11.5. The molecule has 0 aromatic carbocycles. The van der Waals surface area contributed by atoms with Gasteiger partial charge in [-0.25, -0.2) is 14.4 Å². The average molecular weight is 457 g/mol. The van der Waals surface area contributed by atoms with Crippen LogP contribution in [0.25, 0.3) is 16.8 Å². The third kappa shape index (κ3) is 3.24. The summed E-state index contributed by atoms with van der Waals surface area (Å²) in [7, 11) is 0. The van der Waals surface area contributed by atoms with Gasteiger partial charge in [0.15, 0.2) is 6.29 Å². The van der Waals surface area contributed by atoms with Crippen LogP contribution in [0.3, 0.4) is 0 Å². The summed E-state index contributed by atoms with van der Waals surface area (Å²) in [6.07, 6.45) is 4.32. The zero-order valence-electron chi connectivity index (χ0n) is 19.1. The van der Waals surface area contributed by atoms with E-state index in [1.165, 1.54) is 6.07 Å². The molecule has 6 rings (SSSR count). The lowest BCUT2D eigenvalue weighted by molar-refractivity contribution is 0.112. The number of hydrogen-bond donors (Lipinski definition) is 0. The Kier molecular flexibility index (Phi) is 4.83. The first-order valence-electron chi connectivity index (χ1n) is 11.5. The zero-order valence-corrected chi connectivity index (χ0v) is 19.1. The normalized spacial score (nSPS) is 19.7. The largest absolute Gasteiger partial charge is 0.356 e. The number of pyridine rings is 2.